The van der Waals surface area contributed by atoms with Gasteiger partial charge in [-0.25, -0.2) is 13.8 Å². The van der Waals surface area contributed by atoms with E-state index in [1.165, 1.54) is 6.07 Å². The van der Waals surface area contributed by atoms with Crippen LogP contribution in [0.3, 0.4) is 0 Å². The van der Waals surface area contributed by atoms with Gasteiger partial charge in [-0.15, -0.1) is 0 Å². The molecular weight excluding hydrogens is 494 g/mol. The van der Waals surface area contributed by atoms with E-state index in [9.17, 15) is 19.0 Å². The van der Waals surface area contributed by atoms with Crippen LogP contribution >= 0.6 is 0 Å². The van der Waals surface area contributed by atoms with Gasteiger partial charge < -0.3 is 20.3 Å². The first-order chi connectivity index (χ1) is 18.4. The quantitative estimate of drug-likeness (QED) is 0.324. The summed E-state index contributed by atoms with van der Waals surface area (Å²) in [6.45, 7) is 7.88. The predicted molar refractivity (Wildman–Crippen MR) is 141 cm³/mol. The molecule has 4 rings (SSSR count). The lowest BCUT2D eigenvalue weighted by atomic mass is 9.92. The van der Waals surface area contributed by atoms with E-state index in [2.05, 4.69) is 22.1 Å². The number of nitrogens with zero attached hydrogens (tertiary/aromatic N) is 5. The highest BCUT2D eigenvalue weighted by molar-refractivity contribution is 5.68. The average Bonchev–Trinajstić information content (AvgIpc) is 3.52. The third-order valence-electron chi connectivity index (χ3n) is 6.85. The van der Waals surface area contributed by atoms with Crippen LogP contribution in [0.5, 0.6) is 5.75 Å². The Morgan fingerprint density at radius 2 is 1.97 bits per heavy atom. The molecule has 2 heterocycles. The Balaban J connectivity index is 1.60. The van der Waals surface area contributed by atoms with E-state index in [1.807, 2.05) is 24.6 Å². The monoisotopic (exact) mass is 528 g/mol. The zero-order chi connectivity index (χ0) is 27.2. The number of hydrogen-bond acceptors (Lipinski definition) is 7. The number of rotatable bonds is 11. The van der Waals surface area contributed by atoms with Gasteiger partial charge in [-0.3, -0.25) is 9.36 Å². The Morgan fingerprint density at radius 3 is 2.61 bits per heavy atom. The van der Waals surface area contributed by atoms with Crippen molar-refractivity contribution in [2.75, 3.05) is 19.8 Å². The molecule has 0 saturated heterocycles. The molecule has 1 saturated carbocycles. The largest absolute Gasteiger partial charge is 0.490 e. The molecule has 204 valence electrons. The van der Waals surface area contributed by atoms with Crippen LogP contribution in [0.1, 0.15) is 55.9 Å². The number of aromatic nitrogens is 4. The molecule has 0 bridgehead atoms. The second kappa shape index (κ2) is 12.3. The number of aliphatic imine (C=N–C) groups is 1. The summed E-state index contributed by atoms with van der Waals surface area (Å²) < 4.78 is 36.3. The summed E-state index contributed by atoms with van der Waals surface area (Å²) in [6, 6.07) is 3.16. The first-order valence-electron chi connectivity index (χ1n) is 12.8. The Bertz CT molecular complexity index is 1280. The molecule has 0 spiro atoms. The van der Waals surface area contributed by atoms with E-state index in [-0.39, 0.29) is 25.4 Å². The van der Waals surface area contributed by atoms with Crippen LogP contribution in [0.25, 0.3) is 17.3 Å². The topological polar surface area (TPSA) is 110 Å². The minimum Gasteiger partial charge on any atom is -0.490 e. The molecule has 2 aromatic heterocycles. The van der Waals surface area contributed by atoms with Crippen molar-refractivity contribution in [2.24, 2.45) is 4.99 Å². The van der Waals surface area contributed by atoms with Crippen LogP contribution in [0, 0.1) is 18.6 Å². The summed E-state index contributed by atoms with van der Waals surface area (Å²) in [5.74, 6) is -0.866. The summed E-state index contributed by atoms with van der Waals surface area (Å²) in [7, 11) is 0. The van der Waals surface area contributed by atoms with Crippen LogP contribution < -0.4 is 10.1 Å². The molecule has 1 aliphatic rings. The molecule has 9 nitrogen and oxygen atoms in total. The molecule has 11 heteroatoms. The van der Waals surface area contributed by atoms with Crippen molar-refractivity contribution in [1.29, 1.82) is 0 Å². The van der Waals surface area contributed by atoms with E-state index in [0.717, 1.165) is 60.3 Å². The third-order valence-corrected chi connectivity index (χ3v) is 6.85. The zero-order valence-corrected chi connectivity index (χ0v) is 21.6. The highest BCUT2D eigenvalue weighted by atomic mass is 19.2. The number of aliphatic hydroxyl groups excluding tert-OH is 2. The van der Waals surface area contributed by atoms with Crippen LogP contribution in [0.4, 0.5) is 8.78 Å². The number of nitrogens with one attached hydrogen (secondary N) is 1. The van der Waals surface area contributed by atoms with E-state index in [0.29, 0.717) is 18.1 Å². The number of halogens is 2. The van der Waals surface area contributed by atoms with Gasteiger partial charge in [-0.1, -0.05) is 0 Å². The molecule has 0 unspecified atom stereocenters. The molecule has 0 aliphatic heterocycles. The average molecular weight is 529 g/mol. The molecule has 0 atom stereocenters. The molecule has 1 aromatic carbocycles. The van der Waals surface area contributed by atoms with Gasteiger partial charge in [-0.2, -0.15) is 10.2 Å². The van der Waals surface area contributed by atoms with Crippen molar-refractivity contribution in [1.82, 2.24) is 24.9 Å². The van der Waals surface area contributed by atoms with Crippen molar-refractivity contribution >= 4 is 12.8 Å². The molecule has 38 heavy (non-hydrogen) atoms. The fourth-order valence-electron chi connectivity index (χ4n) is 4.76. The van der Waals surface area contributed by atoms with Gasteiger partial charge in [-0.05, 0) is 58.4 Å². The smallest absolute Gasteiger partial charge is 0.162 e. The van der Waals surface area contributed by atoms with E-state index in [1.54, 1.807) is 17.1 Å². The van der Waals surface area contributed by atoms with Gasteiger partial charge in [0.05, 0.1) is 49.0 Å². The van der Waals surface area contributed by atoms with Crippen LogP contribution in [-0.4, -0.2) is 62.4 Å². The predicted octanol–water partition coefficient (Wildman–Crippen LogP) is 4.03. The third kappa shape index (κ3) is 5.94. The molecule has 3 aromatic rings. The fraction of sp³-hybridized carbons (Fsp3) is 0.444. The van der Waals surface area contributed by atoms with E-state index >= 15 is 0 Å². The Kier molecular flexibility index (Phi) is 8.90. The molecule has 0 radical (unpaired) electrons. The summed E-state index contributed by atoms with van der Waals surface area (Å²) in [4.78, 5) is 4.11. The second-order valence-corrected chi connectivity index (χ2v) is 9.37. The number of aliphatic hydroxyl groups is 2. The van der Waals surface area contributed by atoms with Crippen LogP contribution in [0.15, 0.2) is 41.4 Å². The van der Waals surface area contributed by atoms with Crippen LogP contribution in [-0.2, 0) is 0 Å². The van der Waals surface area contributed by atoms with Gasteiger partial charge in [0.2, 0.25) is 0 Å². The zero-order valence-electron chi connectivity index (χ0n) is 21.6. The maximum Gasteiger partial charge on any atom is 0.162 e. The number of hydrogen-bond donors (Lipinski definition) is 3. The van der Waals surface area contributed by atoms with Gasteiger partial charge in [0.25, 0.3) is 0 Å². The van der Waals surface area contributed by atoms with Crippen molar-refractivity contribution in [3.63, 3.8) is 0 Å². The lowest BCUT2D eigenvalue weighted by Crippen LogP contribution is -2.27. The minimum absolute atomic E-state index is 0.0869. The van der Waals surface area contributed by atoms with Crippen molar-refractivity contribution in [3.8, 4) is 17.0 Å². The molecular formula is C27H34F2N6O3. The highest BCUT2D eigenvalue weighted by Crippen LogP contribution is 2.35. The van der Waals surface area contributed by atoms with Crippen molar-refractivity contribution in [3.05, 3.63) is 59.3 Å². The first kappa shape index (κ1) is 27.5. The summed E-state index contributed by atoms with van der Waals surface area (Å²) in [6.07, 6.45) is 8.30. The molecule has 1 fully saturated rings. The normalized spacial score (nSPS) is 18.1. The maximum absolute atomic E-state index is 13.6. The van der Waals surface area contributed by atoms with Crippen LogP contribution in [0.2, 0.25) is 0 Å². The molecule has 0 amide bonds. The number of benzene rings is 1. The minimum atomic E-state index is -0.924. The lowest BCUT2D eigenvalue weighted by molar-refractivity contribution is 0.129. The van der Waals surface area contributed by atoms with Gasteiger partial charge in [0.1, 0.15) is 11.6 Å². The van der Waals surface area contributed by atoms with Gasteiger partial charge in [0.15, 0.2) is 11.6 Å². The second-order valence-electron chi connectivity index (χ2n) is 9.37. The highest BCUT2D eigenvalue weighted by Gasteiger charge is 2.28. The molecule has 3 N–H and O–H groups in total. The Hall–Kier alpha value is -3.57. The SMILES string of the molecule is C=N/C(=C\c1c(C)c(-c2cnn(C(CO)CO)c2)nn1[C@H]1CC[C@@H](Oc2ccc(F)c(F)c2)CC1)NCC. The fourth-order valence-corrected chi connectivity index (χ4v) is 4.76. The van der Waals surface area contributed by atoms with Crippen molar-refractivity contribution < 1.29 is 23.7 Å². The standard InChI is InChI=1S/C27H34F2N6O3/c1-4-31-26(30-3)12-25-17(2)27(18-13-32-34(14-18)20(15-36)16-37)33-35(25)19-5-7-21(8-6-19)38-22-9-10-23(28)24(29)11-22/h9-14,19-21,31,36-37H,3-8,15-16H2,1-2H3/b26-12+/t19-,21+. The number of ether oxygens (including phenoxy) is 1. The lowest BCUT2D eigenvalue weighted by Gasteiger charge is -2.30. The van der Waals surface area contributed by atoms with Crippen molar-refractivity contribution in [2.45, 2.75) is 57.7 Å². The maximum atomic E-state index is 13.6. The molecule has 1 aliphatic carbocycles. The summed E-state index contributed by atoms with van der Waals surface area (Å²) in [5.41, 5.74) is 3.35. The van der Waals surface area contributed by atoms with Gasteiger partial charge in [0, 0.05) is 36.0 Å². The van der Waals surface area contributed by atoms with E-state index in [4.69, 9.17) is 9.84 Å². The van der Waals surface area contributed by atoms with E-state index < -0.39 is 17.7 Å². The summed E-state index contributed by atoms with van der Waals surface area (Å²) >= 11 is 0. The summed E-state index contributed by atoms with van der Waals surface area (Å²) in [5, 5.41) is 31.6. The first-order valence-corrected chi connectivity index (χ1v) is 12.8. The Morgan fingerprint density at radius 1 is 1.24 bits per heavy atom. The van der Waals surface area contributed by atoms with Gasteiger partial charge >= 0.3 is 0 Å². The Labute approximate surface area is 220 Å².